The molecule has 1 saturated heterocycles. The molecule has 4 rings (SSSR count). The molecule has 0 saturated carbocycles. The summed E-state index contributed by atoms with van der Waals surface area (Å²) in [7, 11) is 0. The number of phenolic OH excluding ortho intramolecular Hbond substituents is 3. The summed E-state index contributed by atoms with van der Waals surface area (Å²) in [6.45, 7) is 0. The van der Waals surface area contributed by atoms with Crippen molar-refractivity contribution in [2.24, 2.45) is 0 Å². The molecule has 2 aromatic carbocycles. The highest BCUT2D eigenvalue weighted by Gasteiger charge is 2.48. The van der Waals surface area contributed by atoms with Crippen molar-refractivity contribution in [3.63, 3.8) is 0 Å². The Labute approximate surface area is 183 Å². The highest BCUT2D eigenvalue weighted by molar-refractivity contribution is 5.86. The number of phenols is 3. The zero-order valence-electron chi connectivity index (χ0n) is 16.5. The van der Waals surface area contributed by atoms with E-state index in [1.165, 1.54) is 12.1 Å². The van der Waals surface area contributed by atoms with E-state index in [-0.39, 0.29) is 33.8 Å². The first-order valence-corrected chi connectivity index (χ1v) is 9.49. The number of fused-ring (bicyclic) bond motifs is 1. The number of aliphatic hydroxyl groups is 3. The van der Waals surface area contributed by atoms with E-state index >= 15 is 0 Å². The molecule has 5 atom stereocenters. The van der Waals surface area contributed by atoms with E-state index in [9.17, 15) is 40.2 Å². The molecular formula is C21H18O12. The van der Waals surface area contributed by atoms with Gasteiger partial charge in [-0.1, -0.05) is 0 Å². The van der Waals surface area contributed by atoms with Gasteiger partial charge in [-0.2, -0.15) is 0 Å². The third-order valence-corrected chi connectivity index (χ3v) is 5.10. The summed E-state index contributed by atoms with van der Waals surface area (Å²) in [6.07, 6.45) is -9.37. The van der Waals surface area contributed by atoms with Crippen LogP contribution in [0.1, 0.15) is 0 Å². The van der Waals surface area contributed by atoms with E-state index < -0.39 is 53.6 Å². The number of benzene rings is 2. The maximum absolute atomic E-state index is 12.4. The van der Waals surface area contributed by atoms with Gasteiger partial charge in [0.05, 0.1) is 0 Å². The van der Waals surface area contributed by atoms with E-state index in [0.717, 1.165) is 24.3 Å². The standard InChI is InChI=1S/C21H18O12/c22-8-4-10(24)15-11(25)6-12(31-14(15)5-8)7-1-2-9(23)13(3-7)32-21-18(28)16(26)17(27)19(33-21)20(29)30/h1-6,16-19,21-24,26-28H,(H,29,30)/t16-,17+,18+,19-,21-/m0/s1. The van der Waals surface area contributed by atoms with Crippen LogP contribution in [0.25, 0.3) is 22.3 Å². The van der Waals surface area contributed by atoms with Crippen LogP contribution < -0.4 is 10.2 Å². The lowest BCUT2D eigenvalue weighted by Gasteiger charge is -2.38. The van der Waals surface area contributed by atoms with E-state index in [2.05, 4.69) is 0 Å². The van der Waals surface area contributed by atoms with Crippen LogP contribution in [-0.4, -0.2) is 72.4 Å². The lowest BCUT2D eigenvalue weighted by atomic mass is 9.99. The average molecular weight is 462 g/mol. The number of aromatic hydroxyl groups is 3. The predicted molar refractivity (Wildman–Crippen MR) is 108 cm³/mol. The molecule has 0 bridgehead atoms. The van der Waals surface area contributed by atoms with Crippen molar-refractivity contribution in [2.45, 2.75) is 30.7 Å². The Bertz CT molecular complexity index is 1280. The zero-order chi connectivity index (χ0) is 24.0. The maximum Gasteiger partial charge on any atom is 0.335 e. The van der Waals surface area contributed by atoms with Gasteiger partial charge in [-0.3, -0.25) is 4.79 Å². The Morgan fingerprint density at radius 2 is 1.64 bits per heavy atom. The van der Waals surface area contributed by atoms with Crippen LogP contribution in [0.4, 0.5) is 0 Å². The van der Waals surface area contributed by atoms with Gasteiger partial charge in [-0.15, -0.1) is 0 Å². The molecule has 12 heteroatoms. The van der Waals surface area contributed by atoms with Crippen molar-refractivity contribution in [2.75, 3.05) is 0 Å². The Kier molecular flexibility index (Phi) is 5.59. The van der Waals surface area contributed by atoms with Gasteiger partial charge < -0.3 is 49.6 Å². The normalized spacial score (nSPS) is 25.1. The van der Waals surface area contributed by atoms with Gasteiger partial charge in [0.15, 0.2) is 23.0 Å². The molecule has 0 amide bonds. The summed E-state index contributed by atoms with van der Waals surface area (Å²) < 4.78 is 16.0. The Hall–Kier alpha value is -3.84. The monoisotopic (exact) mass is 462 g/mol. The van der Waals surface area contributed by atoms with Gasteiger partial charge in [0.2, 0.25) is 6.29 Å². The third-order valence-electron chi connectivity index (χ3n) is 5.10. The van der Waals surface area contributed by atoms with E-state index in [1.807, 2.05) is 0 Å². The van der Waals surface area contributed by atoms with Crippen molar-refractivity contribution in [3.05, 3.63) is 46.6 Å². The van der Waals surface area contributed by atoms with Crippen molar-refractivity contribution < 1.29 is 54.4 Å². The average Bonchev–Trinajstić information content (AvgIpc) is 2.74. The van der Waals surface area contributed by atoms with Crippen LogP contribution in [-0.2, 0) is 9.53 Å². The molecule has 2 heterocycles. The first-order valence-electron chi connectivity index (χ1n) is 9.49. The number of aliphatic carboxylic acids is 1. The van der Waals surface area contributed by atoms with Crippen molar-refractivity contribution in [1.82, 2.24) is 0 Å². The van der Waals surface area contributed by atoms with Crippen LogP contribution in [0.2, 0.25) is 0 Å². The first-order chi connectivity index (χ1) is 15.6. The van der Waals surface area contributed by atoms with Crippen LogP contribution in [0.15, 0.2) is 45.6 Å². The van der Waals surface area contributed by atoms with E-state index in [1.54, 1.807) is 0 Å². The summed E-state index contributed by atoms with van der Waals surface area (Å²) in [6, 6.07) is 6.86. The summed E-state index contributed by atoms with van der Waals surface area (Å²) in [5.41, 5.74) is -0.546. The summed E-state index contributed by atoms with van der Waals surface area (Å²) >= 11 is 0. The smallest absolute Gasteiger partial charge is 0.335 e. The second-order valence-corrected chi connectivity index (χ2v) is 7.35. The number of carboxylic acid groups (broad SMARTS) is 1. The molecule has 12 nitrogen and oxygen atoms in total. The predicted octanol–water partition coefficient (Wildman–Crippen LogP) is -0.152. The van der Waals surface area contributed by atoms with Crippen LogP contribution in [0.5, 0.6) is 23.0 Å². The zero-order valence-corrected chi connectivity index (χ0v) is 16.5. The Morgan fingerprint density at radius 1 is 0.909 bits per heavy atom. The largest absolute Gasteiger partial charge is 0.508 e. The second-order valence-electron chi connectivity index (χ2n) is 7.35. The maximum atomic E-state index is 12.4. The van der Waals surface area contributed by atoms with E-state index in [4.69, 9.17) is 19.0 Å². The van der Waals surface area contributed by atoms with Crippen molar-refractivity contribution >= 4 is 16.9 Å². The number of rotatable bonds is 4. The van der Waals surface area contributed by atoms with Crippen LogP contribution in [0, 0.1) is 0 Å². The molecule has 3 aromatic rings. The van der Waals surface area contributed by atoms with Gasteiger partial charge in [-0.05, 0) is 18.2 Å². The van der Waals surface area contributed by atoms with Gasteiger partial charge >= 0.3 is 5.97 Å². The SMILES string of the molecule is O=C(O)[C@H]1O[C@H](Oc2cc(-c3cc(=O)c4c(O)cc(O)cc4o3)ccc2O)[C@H](O)[C@@H](O)[C@H]1O. The van der Waals surface area contributed by atoms with Gasteiger partial charge in [0, 0.05) is 23.8 Å². The molecule has 0 unspecified atom stereocenters. The molecule has 174 valence electrons. The summed E-state index contributed by atoms with van der Waals surface area (Å²) in [5.74, 6) is -3.24. The number of hydrogen-bond acceptors (Lipinski definition) is 11. The van der Waals surface area contributed by atoms with E-state index in [0.29, 0.717) is 0 Å². The number of hydrogen-bond donors (Lipinski definition) is 7. The van der Waals surface area contributed by atoms with Gasteiger partial charge in [0.1, 0.15) is 46.5 Å². The summed E-state index contributed by atoms with van der Waals surface area (Å²) in [5, 5.41) is 68.5. The van der Waals surface area contributed by atoms with Crippen molar-refractivity contribution in [1.29, 1.82) is 0 Å². The highest BCUT2D eigenvalue weighted by Crippen LogP contribution is 2.36. The number of ether oxygens (including phenoxy) is 2. The minimum Gasteiger partial charge on any atom is -0.508 e. The fourth-order valence-electron chi connectivity index (χ4n) is 3.43. The number of aliphatic hydroxyl groups excluding tert-OH is 3. The Balaban J connectivity index is 1.70. The number of carbonyl (C=O) groups is 1. The van der Waals surface area contributed by atoms with Gasteiger partial charge in [-0.25, -0.2) is 4.79 Å². The second kappa shape index (κ2) is 8.26. The highest BCUT2D eigenvalue weighted by atomic mass is 16.7. The molecule has 33 heavy (non-hydrogen) atoms. The molecular weight excluding hydrogens is 444 g/mol. The minimum absolute atomic E-state index is 0.0358. The van der Waals surface area contributed by atoms with Crippen molar-refractivity contribution in [3.8, 4) is 34.3 Å². The summed E-state index contributed by atoms with van der Waals surface area (Å²) in [4.78, 5) is 23.7. The van der Waals surface area contributed by atoms with Gasteiger partial charge in [0.25, 0.3) is 0 Å². The fourth-order valence-corrected chi connectivity index (χ4v) is 3.43. The quantitative estimate of drug-likeness (QED) is 0.270. The molecule has 1 aliphatic heterocycles. The molecule has 0 spiro atoms. The molecule has 1 aliphatic rings. The topological polar surface area (TPSA) is 207 Å². The fraction of sp³-hybridized carbons (Fsp3) is 0.238. The minimum atomic E-state index is -1.92. The first kappa shape index (κ1) is 22.4. The molecule has 1 aromatic heterocycles. The Morgan fingerprint density at radius 3 is 2.33 bits per heavy atom. The molecule has 1 fully saturated rings. The van der Waals surface area contributed by atoms with Crippen LogP contribution in [0.3, 0.4) is 0 Å². The number of carboxylic acids is 1. The lowest BCUT2D eigenvalue weighted by molar-refractivity contribution is -0.271. The molecule has 0 radical (unpaired) electrons. The molecule has 7 N–H and O–H groups in total. The molecule has 0 aliphatic carbocycles. The lowest BCUT2D eigenvalue weighted by Crippen LogP contribution is -2.61. The third kappa shape index (κ3) is 4.03. The van der Waals surface area contributed by atoms with Crippen LogP contribution >= 0.6 is 0 Å².